The Labute approximate surface area is 855 Å². The zero-order chi connectivity index (χ0) is 104. The monoisotopic (exact) mass is 2100 g/mol. The Morgan fingerprint density at radius 3 is 0.912 bits per heavy atom. The van der Waals surface area contributed by atoms with E-state index in [9.17, 15) is 51.8 Å². The standard InChI is InChI=1S/C30H36N4O6.C28H32N4O6.C25H28BrN3O4.C20H24N4O5.C2HF3O2/c1-3-39-30(36)27-29(34(32-31-27)20-21-4-12-25(37-2)13-5-21)40-26-14-10-23(11-15-26)22-6-8-24(9-7-22)28(35)33-16-18-38-19-17-33;1-36-23-10-2-19(3-11-23)18-32-27(25(28(34)35)29-30-32)38-24-12-8-21(9-13-24)20-4-6-22(7-5-20)26(33)31-14-16-37-17-15-31;1-3-32-25(30)23-24(29(28-27-23)16-17-4-12-21(31-2)13-5-17)33-22-14-8-19(9-15-22)18-6-10-20(26)11-7-18;25-19(24-9-11-28-12-10-24)15-3-1-13(2-4-15)14-5-7-16(8-6-14)29-18-17(20(26)27)21-23-22-18;3-2(4,5)1(6)7/h4-9,12-13,23,26H,3,10-11,14-20H2,1-2H3;2-7,10-11,21,24H,8-9,12-18H2,1H3,(H,34,35);4-7,10-13,19,22H,3,8-9,14-16H2,1-2H3;1-4,14,16H,5-12H2,(H,26,27)(H,21,22,23);(H,6,7). The lowest BCUT2D eigenvalue weighted by molar-refractivity contribution is -0.192. The Balaban J connectivity index is 0.000000152. The van der Waals surface area contributed by atoms with Gasteiger partial charge in [0, 0.05) is 60.4 Å². The lowest BCUT2D eigenvalue weighted by atomic mass is 9.82. The minimum absolute atomic E-state index is 0.00186. The van der Waals surface area contributed by atoms with Crippen LogP contribution in [-0.4, -0.2) is 282 Å². The predicted octanol–water partition coefficient (Wildman–Crippen LogP) is 15.8. The number of aromatic nitrogens is 12. The van der Waals surface area contributed by atoms with Crippen LogP contribution in [0.15, 0.2) is 174 Å². The fourth-order valence-corrected chi connectivity index (χ4v) is 18.7. The van der Waals surface area contributed by atoms with Crippen LogP contribution >= 0.6 is 15.9 Å². The number of carboxylic acid groups (broad SMARTS) is 3. The van der Waals surface area contributed by atoms with Crippen LogP contribution in [0.2, 0.25) is 0 Å². The van der Waals surface area contributed by atoms with Gasteiger partial charge in [-0.1, -0.05) is 127 Å². The highest BCUT2D eigenvalue weighted by Crippen LogP contribution is 2.41. The third-order valence-electron chi connectivity index (χ3n) is 26.6. The van der Waals surface area contributed by atoms with Gasteiger partial charge in [-0.3, -0.25) is 14.4 Å². The van der Waals surface area contributed by atoms with Crippen molar-refractivity contribution < 1.29 is 124 Å². The van der Waals surface area contributed by atoms with Crippen molar-refractivity contribution in [1.29, 1.82) is 0 Å². The number of aromatic amines is 1. The summed E-state index contributed by atoms with van der Waals surface area (Å²) >= 11 is 3.50. The molecule has 147 heavy (non-hydrogen) atoms. The van der Waals surface area contributed by atoms with Gasteiger partial charge in [0.1, 0.15) is 41.7 Å². The maximum Gasteiger partial charge on any atom is 0.490 e. The number of alkyl halides is 3. The lowest BCUT2D eigenvalue weighted by Crippen LogP contribution is -2.40. The highest BCUT2D eigenvalue weighted by molar-refractivity contribution is 9.10. The zero-order valence-electron chi connectivity index (χ0n) is 82.4. The van der Waals surface area contributed by atoms with Crippen molar-refractivity contribution in [3.05, 3.63) is 253 Å². The Kier molecular flexibility index (Phi) is 39.1. The van der Waals surface area contributed by atoms with Crippen molar-refractivity contribution in [3.8, 4) is 40.8 Å². The maximum absolute atomic E-state index is 12.8. The quantitative estimate of drug-likeness (QED) is 0.0304. The van der Waals surface area contributed by atoms with E-state index in [1.54, 1.807) is 44.5 Å². The van der Waals surface area contributed by atoms with Gasteiger partial charge >= 0.3 is 36.0 Å². The summed E-state index contributed by atoms with van der Waals surface area (Å²) in [4.78, 5) is 100. The topological polar surface area (TPSA) is 451 Å². The summed E-state index contributed by atoms with van der Waals surface area (Å²) in [6.07, 6.45) is 8.91. The molecule has 782 valence electrons. The first kappa shape index (κ1) is 108. The SMILES string of the molecule is CCOC(=O)c1nnn(Cc2ccc(OC)cc2)c1OC1CCC(c2ccc(Br)cc2)CC1.CCOC(=O)c1nnn(Cc2ccc(OC)cc2)c1OC1CCC(c2ccc(C(=O)N3CCOCC3)cc2)CC1.COc1ccc(Cn2nnc(C(=O)O)c2OC2CCC(c3ccc(C(=O)N4CCOCC4)cc3)CC2)cc1.O=C(O)C(F)(F)F.O=C(O)c1[nH]nnc1OC1CCC(c2ccc(C(=O)N3CCOCC3)cc2)CC1. The number of aromatic carboxylic acids is 2. The van der Waals surface area contributed by atoms with E-state index in [1.807, 2.05) is 136 Å². The van der Waals surface area contributed by atoms with Crippen molar-refractivity contribution in [1.82, 2.24) is 75.1 Å². The van der Waals surface area contributed by atoms with Crippen LogP contribution in [0.25, 0.3) is 0 Å². The molecule has 3 amide bonds. The Bertz CT molecular complexity index is 6110. The molecule has 0 radical (unpaired) electrons. The van der Waals surface area contributed by atoms with Gasteiger partial charge in [-0.15, -0.1) is 15.3 Å². The molecule has 7 heterocycles. The molecule has 0 spiro atoms. The summed E-state index contributed by atoms with van der Waals surface area (Å²) in [6, 6.07) is 55.2. The number of esters is 2. The van der Waals surface area contributed by atoms with E-state index < -0.39 is 36.0 Å². The van der Waals surface area contributed by atoms with Crippen molar-refractivity contribution in [2.45, 2.75) is 190 Å². The van der Waals surface area contributed by atoms with Crippen LogP contribution in [-0.2, 0) is 48.1 Å². The number of amides is 3. The van der Waals surface area contributed by atoms with Gasteiger partial charge < -0.3 is 86.9 Å². The van der Waals surface area contributed by atoms with E-state index in [4.69, 9.17) is 71.8 Å². The minimum Gasteiger partial charge on any atom is -0.497 e. The summed E-state index contributed by atoms with van der Waals surface area (Å²) in [6.45, 7) is 12.5. The van der Waals surface area contributed by atoms with Gasteiger partial charge in [0.2, 0.25) is 40.4 Å². The number of rotatable bonds is 30. The van der Waals surface area contributed by atoms with Crippen LogP contribution in [0, 0.1) is 0 Å². The second-order valence-corrected chi connectivity index (χ2v) is 37.0. The third-order valence-corrected chi connectivity index (χ3v) is 27.1. The number of hydrogen-bond donors (Lipinski definition) is 4. The fourth-order valence-electron chi connectivity index (χ4n) is 18.5. The molecule has 4 N–H and O–H groups in total. The Morgan fingerprint density at radius 1 is 0.374 bits per heavy atom. The predicted molar refractivity (Wildman–Crippen MR) is 528 cm³/mol. The number of H-pyrrole nitrogens is 1. The molecular weight excluding hydrogens is 1980 g/mol. The molecule has 4 saturated carbocycles. The normalized spacial score (nSPS) is 19.3. The molecule has 7 aromatic carbocycles. The first-order valence-corrected chi connectivity index (χ1v) is 50.0. The van der Waals surface area contributed by atoms with Crippen LogP contribution in [0.3, 0.4) is 0 Å². The largest absolute Gasteiger partial charge is 0.497 e. The van der Waals surface area contributed by atoms with Crippen molar-refractivity contribution >= 4 is 63.5 Å². The first-order valence-electron chi connectivity index (χ1n) is 49.2. The molecule has 18 rings (SSSR count). The number of halogens is 4. The highest BCUT2D eigenvalue weighted by atomic mass is 79.9. The maximum atomic E-state index is 12.8. The number of ether oxygens (including phenoxy) is 12. The average Bonchev–Trinajstić information content (AvgIpc) is 1.67. The van der Waals surface area contributed by atoms with E-state index in [1.165, 1.54) is 26.9 Å². The van der Waals surface area contributed by atoms with E-state index in [-0.39, 0.29) is 89.9 Å². The number of carboxylic acids is 3. The molecule has 3 saturated heterocycles. The summed E-state index contributed by atoms with van der Waals surface area (Å²) < 4.78 is 104. The number of hydrogen-bond acceptors (Lipinski definition) is 28. The second-order valence-electron chi connectivity index (χ2n) is 36.1. The Morgan fingerprint density at radius 2 is 0.646 bits per heavy atom. The Hall–Kier alpha value is -14.4. The van der Waals surface area contributed by atoms with Crippen molar-refractivity contribution in [2.75, 3.05) is 113 Å². The van der Waals surface area contributed by atoms with Crippen LogP contribution < -0.4 is 33.2 Å². The summed E-state index contributed by atoms with van der Waals surface area (Å²) in [5, 5.41) is 59.9. The molecule has 7 fully saturated rings. The number of carbonyl (C=O) groups is 8. The van der Waals surface area contributed by atoms with Crippen LogP contribution in [0.5, 0.6) is 40.8 Å². The molecule has 38 nitrogen and oxygen atoms in total. The molecule has 0 atom stereocenters. The molecule has 3 aliphatic heterocycles. The molecule has 4 aromatic heterocycles. The zero-order valence-corrected chi connectivity index (χ0v) is 84.0. The number of benzene rings is 7. The lowest BCUT2D eigenvalue weighted by Gasteiger charge is -2.29. The molecule has 0 unspecified atom stereocenters. The minimum atomic E-state index is -5.08. The van der Waals surface area contributed by atoms with Crippen molar-refractivity contribution in [3.63, 3.8) is 0 Å². The van der Waals surface area contributed by atoms with E-state index in [2.05, 4.69) is 111 Å². The molecule has 11 aromatic rings. The molecule has 0 bridgehead atoms. The number of methoxy groups -OCH3 is 3. The average molecular weight is 2100 g/mol. The summed E-state index contributed by atoms with van der Waals surface area (Å²) in [5.74, 6) is -1.06. The van der Waals surface area contributed by atoms with Crippen LogP contribution in [0.4, 0.5) is 13.2 Å². The van der Waals surface area contributed by atoms with Crippen LogP contribution in [0.1, 0.15) is 252 Å². The van der Waals surface area contributed by atoms with Gasteiger partial charge in [-0.05, 0) is 264 Å². The number of nitrogens with zero attached hydrogens (tertiary/aromatic N) is 14. The van der Waals surface area contributed by atoms with Crippen molar-refractivity contribution in [2.24, 2.45) is 0 Å². The number of morpholine rings is 3. The summed E-state index contributed by atoms with van der Waals surface area (Å²) in [5.41, 5.74) is 9.96. The van der Waals surface area contributed by atoms with E-state index in [0.717, 1.165) is 141 Å². The van der Waals surface area contributed by atoms with Gasteiger partial charge in [0.15, 0.2) is 0 Å². The smallest absolute Gasteiger partial charge is 0.490 e. The number of aliphatic carboxylic acids is 1. The molecule has 42 heteroatoms. The van der Waals surface area contributed by atoms with Gasteiger partial charge in [-0.25, -0.2) is 43.1 Å². The highest BCUT2D eigenvalue weighted by Gasteiger charge is 2.39. The van der Waals surface area contributed by atoms with E-state index >= 15 is 0 Å². The van der Waals surface area contributed by atoms with E-state index in [0.29, 0.717) is 151 Å². The molecular formula is C105H121BrF3N15O23. The van der Waals surface area contributed by atoms with Gasteiger partial charge in [0.25, 0.3) is 23.6 Å². The molecule has 7 aliphatic rings. The second kappa shape index (κ2) is 53.1. The first-order chi connectivity index (χ1) is 71.2. The summed E-state index contributed by atoms with van der Waals surface area (Å²) in [7, 11) is 4.87. The third kappa shape index (κ3) is 30.2. The number of carbonyl (C=O) groups excluding carboxylic acids is 5. The molecule has 4 aliphatic carbocycles. The van der Waals surface area contributed by atoms with Gasteiger partial charge in [-0.2, -0.15) is 13.2 Å². The fraction of sp³-hybridized carbons (Fsp3) is 0.448. The van der Waals surface area contributed by atoms with Gasteiger partial charge in [0.05, 0.1) is 93.8 Å². The number of nitrogens with one attached hydrogen (secondary N) is 1.